The maximum absolute atomic E-state index is 12.6. The smallest absolute Gasteiger partial charge is 0.285 e. The number of hydrogen-bond acceptors (Lipinski definition) is 3. The van der Waals surface area contributed by atoms with E-state index in [4.69, 9.17) is 0 Å². The Kier molecular flexibility index (Phi) is 4.98. The number of carbonyl (C=O) groups is 1. The van der Waals surface area contributed by atoms with Gasteiger partial charge in [0.15, 0.2) is 0 Å². The number of piperidine rings is 1. The van der Waals surface area contributed by atoms with E-state index in [2.05, 4.69) is 22.9 Å². The molecule has 1 fully saturated rings. The molecule has 0 saturated carbocycles. The summed E-state index contributed by atoms with van der Waals surface area (Å²) in [5.41, 5.74) is 0.652. The van der Waals surface area contributed by atoms with Crippen LogP contribution in [0.3, 0.4) is 0 Å². The minimum atomic E-state index is -0.462. The van der Waals surface area contributed by atoms with Crippen molar-refractivity contribution in [3.63, 3.8) is 0 Å². The highest BCUT2D eigenvalue weighted by Crippen LogP contribution is 2.28. The van der Waals surface area contributed by atoms with Crippen LogP contribution in [0.4, 0.5) is 5.69 Å². The number of aryl methyl sites for hydroxylation is 1. The van der Waals surface area contributed by atoms with Gasteiger partial charge in [0.1, 0.15) is 5.56 Å². The number of rotatable bonds is 3. The van der Waals surface area contributed by atoms with E-state index >= 15 is 0 Å². The Balaban J connectivity index is 2.19. The lowest BCUT2D eigenvalue weighted by atomic mass is 9.93. The molecule has 2 rings (SSSR count). The molecule has 1 unspecified atom stereocenters. The van der Waals surface area contributed by atoms with Crippen LogP contribution in [-0.4, -0.2) is 33.6 Å². The average molecular weight is 355 g/mol. The van der Waals surface area contributed by atoms with E-state index < -0.39 is 4.92 Å². The summed E-state index contributed by atoms with van der Waals surface area (Å²) < 4.78 is 0. The Bertz CT molecular complexity index is 552. The van der Waals surface area contributed by atoms with Gasteiger partial charge < -0.3 is 4.90 Å². The molecule has 1 amide bonds. The molecule has 0 aliphatic carbocycles. The first-order valence-electron chi connectivity index (χ1n) is 7.09. The van der Waals surface area contributed by atoms with Gasteiger partial charge >= 0.3 is 0 Å². The molecule has 0 bridgehead atoms. The second kappa shape index (κ2) is 6.56. The Labute approximate surface area is 132 Å². The van der Waals surface area contributed by atoms with Crippen LogP contribution in [0.5, 0.6) is 0 Å². The second-order valence-corrected chi connectivity index (χ2v) is 6.98. The third kappa shape index (κ3) is 3.43. The highest BCUT2D eigenvalue weighted by molar-refractivity contribution is 9.09. The van der Waals surface area contributed by atoms with Crippen molar-refractivity contribution >= 4 is 27.5 Å². The number of amides is 1. The topological polar surface area (TPSA) is 63.5 Å². The summed E-state index contributed by atoms with van der Waals surface area (Å²) in [5, 5.41) is 11.2. The first kappa shape index (κ1) is 15.9. The van der Waals surface area contributed by atoms with Crippen molar-refractivity contribution < 1.29 is 9.72 Å². The number of carbonyl (C=O) groups excluding carboxylic acids is 1. The van der Waals surface area contributed by atoms with Gasteiger partial charge in [-0.1, -0.05) is 35.0 Å². The number of likely N-dealkylation sites (tertiary alicyclic amines) is 1. The minimum Gasteiger partial charge on any atom is -0.338 e. The van der Waals surface area contributed by atoms with Crippen molar-refractivity contribution in [2.75, 3.05) is 13.1 Å². The highest BCUT2D eigenvalue weighted by Gasteiger charge is 2.30. The molecule has 0 spiro atoms. The van der Waals surface area contributed by atoms with Crippen molar-refractivity contribution in [2.24, 2.45) is 5.92 Å². The molecule has 1 aliphatic heterocycles. The van der Waals surface area contributed by atoms with E-state index in [-0.39, 0.29) is 17.2 Å². The molecule has 114 valence electrons. The number of benzene rings is 1. The van der Waals surface area contributed by atoms with Crippen molar-refractivity contribution in [1.29, 1.82) is 0 Å². The number of alkyl halides is 1. The fourth-order valence-electron chi connectivity index (χ4n) is 2.81. The third-order valence-corrected chi connectivity index (χ3v) is 4.87. The van der Waals surface area contributed by atoms with Crippen molar-refractivity contribution in [2.45, 2.75) is 31.5 Å². The molecule has 0 aromatic heterocycles. The quantitative estimate of drug-likeness (QED) is 0.473. The Morgan fingerprint density at radius 1 is 1.43 bits per heavy atom. The van der Waals surface area contributed by atoms with E-state index in [0.29, 0.717) is 29.4 Å². The van der Waals surface area contributed by atoms with Gasteiger partial charge in [-0.15, -0.1) is 0 Å². The van der Waals surface area contributed by atoms with Gasteiger partial charge in [0.2, 0.25) is 0 Å². The maximum atomic E-state index is 12.6. The van der Waals surface area contributed by atoms with E-state index in [0.717, 1.165) is 12.8 Å². The number of halogens is 1. The third-order valence-electron chi connectivity index (χ3n) is 4.13. The SMILES string of the molecule is Cc1cccc(C(=O)N2CCC(C(C)Br)CC2)c1[N+](=O)[O-]. The van der Waals surface area contributed by atoms with Crippen LogP contribution < -0.4 is 0 Å². The molecule has 0 radical (unpaired) electrons. The van der Waals surface area contributed by atoms with Crippen LogP contribution in [0.15, 0.2) is 18.2 Å². The predicted molar refractivity (Wildman–Crippen MR) is 84.8 cm³/mol. The highest BCUT2D eigenvalue weighted by atomic mass is 79.9. The van der Waals surface area contributed by atoms with Crippen LogP contribution in [0.25, 0.3) is 0 Å². The number of nitrogens with zero attached hydrogens (tertiary/aromatic N) is 2. The molecule has 6 heteroatoms. The summed E-state index contributed by atoms with van der Waals surface area (Å²) in [6.07, 6.45) is 1.86. The number of nitro groups is 1. The zero-order valence-electron chi connectivity index (χ0n) is 12.2. The summed E-state index contributed by atoms with van der Waals surface area (Å²) in [6, 6.07) is 4.91. The molecular formula is C15H19BrN2O3. The molecule has 1 atom stereocenters. The summed E-state index contributed by atoms with van der Waals surface area (Å²) in [7, 11) is 0. The first-order chi connectivity index (χ1) is 9.91. The van der Waals surface area contributed by atoms with E-state index in [1.807, 2.05) is 0 Å². The van der Waals surface area contributed by atoms with Crippen molar-refractivity contribution in [3.8, 4) is 0 Å². The van der Waals surface area contributed by atoms with Gasteiger partial charge in [-0.25, -0.2) is 0 Å². The number of para-hydroxylation sites is 1. The summed E-state index contributed by atoms with van der Waals surface area (Å²) >= 11 is 3.59. The molecule has 1 saturated heterocycles. The Morgan fingerprint density at radius 2 is 2.05 bits per heavy atom. The summed E-state index contributed by atoms with van der Waals surface area (Å²) in [6.45, 7) is 5.09. The van der Waals surface area contributed by atoms with Crippen molar-refractivity contribution in [1.82, 2.24) is 4.90 Å². The summed E-state index contributed by atoms with van der Waals surface area (Å²) in [4.78, 5) is 25.5. The van der Waals surface area contributed by atoms with Crippen LogP contribution in [0.1, 0.15) is 35.7 Å². The molecule has 1 aliphatic rings. The first-order valence-corrected chi connectivity index (χ1v) is 8.00. The van der Waals surface area contributed by atoms with Gasteiger partial charge in [0.25, 0.3) is 11.6 Å². The molecule has 1 aromatic carbocycles. The monoisotopic (exact) mass is 354 g/mol. The van der Waals surface area contributed by atoms with E-state index in [1.54, 1.807) is 30.0 Å². The van der Waals surface area contributed by atoms with Crippen LogP contribution in [0, 0.1) is 23.0 Å². The van der Waals surface area contributed by atoms with E-state index in [1.165, 1.54) is 0 Å². The molecule has 1 heterocycles. The zero-order chi connectivity index (χ0) is 15.6. The van der Waals surface area contributed by atoms with Crippen LogP contribution in [-0.2, 0) is 0 Å². The Hall–Kier alpha value is -1.43. The van der Waals surface area contributed by atoms with Gasteiger partial charge in [0, 0.05) is 23.5 Å². The fourth-order valence-corrected chi connectivity index (χ4v) is 3.33. The van der Waals surface area contributed by atoms with Gasteiger partial charge in [-0.05, 0) is 31.7 Å². The van der Waals surface area contributed by atoms with Crippen LogP contribution in [0.2, 0.25) is 0 Å². The standard InChI is InChI=1S/C15H19BrN2O3/c1-10-4-3-5-13(14(10)18(20)21)15(19)17-8-6-12(7-9-17)11(2)16/h3-5,11-12H,6-9H2,1-2H3. The predicted octanol–water partition coefficient (Wildman–Crippen LogP) is 3.54. The zero-order valence-corrected chi connectivity index (χ0v) is 13.8. The molecule has 0 N–H and O–H groups in total. The Morgan fingerprint density at radius 3 is 2.57 bits per heavy atom. The molecule has 1 aromatic rings. The number of nitro benzene ring substituents is 1. The number of hydrogen-bond donors (Lipinski definition) is 0. The molecule has 21 heavy (non-hydrogen) atoms. The molecular weight excluding hydrogens is 336 g/mol. The van der Waals surface area contributed by atoms with Gasteiger partial charge in [-0.3, -0.25) is 14.9 Å². The second-order valence-electron chi connectivity index (χ2n) is 5.54. The maximum Gasteiger partial charge on any atom is 0.285 e. The minimum absolute atomic E-state index is 0.0708. The fraction of sp³-hybridized carbons (Fsp3) is 0.533. The lowest BCUT2D eigenvalue weighted by Gasteiger charge is -2.33. The van der Waals surface area contributed by atoms with Gasteiger partial charge in [-0.2, -0.15) is 0 Å². The molecule has 5 nitrogen and oxygen atoms in total. The normalized spacial score (nSPS) is 17.6. The van der Waals surface area contributed by atoms with E-state index in [9.17, 15) is 14.9 Å². The van der Waals surface area contributed by atoms with Crippen molar-refractivity contribution in [3.05, 3.63) is 39.4 Å². The van der Waals surface area contributed by atoms with Crippen LogP contribution >= 0.6 is 15.9 Å². The lowest BCUT2D eigenvalue weighted by molar-refractivity contribution is -0.385. The lowest BCUT2D eigenvalue weighted by Crippen LogP contribution is -2.40. The largest absolute Gasteiger partial charge is 0.338 e. The average Bonchev–Trinajstić information content (AvgIpc) is 2.46. The van der Waals surface area contributed by atoms with Gasteiger partial charge in [0.05, 0.1) is 4.92 Å². The summed E-state index contributed by atoms with van der Waals surface area (Å²) in [5.74, 6) is 0.327.